The first-order valence-corrected chi connectivity index (χ1v) is 7.62. The van der Waals surface area contributed by atoms with E-state index in [0.717, 1.165) is 0 Å². The van der Waals surface area contributed by atoms with Gasteiger partial charge in [0.1, 0.15) is 17.5 Å². The Morgan fingerprint density at radius 3 is 2.57 bits per heavy atom. The molecule has 1 fully saturated rings. The van der Waals surface area contributed by atoms with E-state index in [1.807, 2.05) is 0 Å². The van der Waals surface area contributed by atoms with Crippen LogP contribution in [0.1, 0.15) is 27.7 Å². The van der Waals surface area contributed by atoms with Gasteiger partial charge in [0.2, 0.25) is 0 Å². The van der Waals surface area contributed by atoms with E-state index in [4.69, 9.17) is 14.9 Å². The zero-order valence-electron chi connectivity index (χ0n) is 14.4. The van der Waals surface area contributed by atoms with Gasteiger partial charge in [0.15, 0.2) is 5.83 Å². The van der Waals surface area contributed by atoms with E-state index in [9.17, 15) is 9.18 Å². The lowest BCUT2D eigenvalue weighted by atomic mass is 10.1. The molecule has 1 heterocycles. The Morgan fingerprint density at radius 2 is 2.09 bits per heavy atom. The van der Waals surface area contributed by atoms with Crippen LogP contribution in [0.4, 0.5) is 9.18 Å². The molecule has 0 saturated carbocycles. The van der Waals surface area contributed by atoms with Gasteiger partial charge in [0.25, 0.3) is 0 Å². The topological polar surface area (TPSA) is 86.7 Å². The van der Waals surface area contributed by atoms with Crippen LogP contribution in [0.3, 0.4) is 0 Å². The number of nitrogens with one attached hydrogen (secondary N) is 3. The van der Waals surface area contributed by atoms with Gasteiger partial charge >= 0.3 is 6.09 Å². The highest BCUT2D eigenvalue weighted by Gasteiger charge is 2.36. The summed E-state index contributed by atoms with van der Waals surface area (Å²) in [6.07, 6.45) is -0.0595. The van der Waals surface area contributed by atoms with Crippen molar-refractivity contribution >= 4 is 12.3 Å². The lowest BCUT2D eigenvalue weighted by Gasteiger charge is -2.40. The van der Waals surface area contributed by atoms with E-state index in [-0.39, 0.29) is 17.8 Å². The average Bonchev–Trinajstić information content (AvgIpc) is 2.40. The number of hydrogen-bond acceptors (Lipinski definition) is 6. The third-order valence-corrected chi connectivity index (χ3v) is 3.19. The van der Waals surface area contributed by atoms with Crippen molar-refractivity contribution in [3.05, 3.63) is 11.6 Å². The van der Waals surface area contributed by atoms with Gasteiger partial charge in [0.05, 0.1) is 19.3 Å². The molecule has 7 nitrogen and oxygen atoms in total. The van der Waals surface area contributed by atoms with Crippen LogP contribution < -0.4 is 10.9 Å². The third kappa shape index (κ3) is 6.15. The first kappa shape index (κ1) is 19.4. The number of amides is 1. The maximum atomic E-state index is 13.8. The smallest absolute Gasteiger partial charge is 0.410 e. The van der Waals surface area contributed by atoms with Crippen LogP contribution in [-0.2, 0) is 9.47 Å². The summed E-state index contributed by atoms with van der Waals surface area (Å²) in [5.74, 6) is -0.831. The van der Waals surface area contributed by atoms with Gasteiger partial charge < -0.3 is 19.8 Å². The number of carbonyl (C=O) groups is 1. The molecule has 0 aromatic heterocycles. The number of hydrogen-bond donors (Lipinski definition) is 3. The number of halogens is 1. The molecule has 8 heteroatoms. The fourth-order valence-corrected chi connectivity index (χ4v) is 1.99. The molecular weight excluding hydrogens is 303 g/mol. The van der Waals surface area contributed by atoms with Gasteiger partial charge in [-0.05, 0) is 27.8 Å². The van der Waals surface area contributed by atoms with E-state index in [1.54, 1.807) is 34.7 Å². The Morgan fingerprint density at radius 1 is 1.48 bits per heavy atom. The zero-order chi connectivity index (χ0) is 17.6. The molecule has 1 aliphatic heterocycles. The Balaban J connectivity index is 2.55. The molecule has 132 valence electrons. The van der Waals surface area contributed by atoms with E-state index >= 15 is 0 Å². The highest BCUT2D eigenvalue weighted by Crippen LogP contribution is 2.24. The van der Waals surface area contributed by atoms with Gasteiger partial charge in [-0.15, -0.1) is 0 Å². The molecule has 3 N–H and O–H groups in total. The number of rotatable bonds is 7. The number of allylic oxidation sites excluding steroid dienone is 1. The van der Waals surface area contributed by atoms with Gasteiger partial charge in [-0.25, -0.2) is 9.18 Å². The summed E-state index contributed by atoms with van der Waals surface area (Å²) in [7, 11) is 1.72. The van der Waals surface area contributed by atoms with Crippen LogP contribution in [0, 0.1) is 11.3 Å². The lowest BCUT2D eigenvalue weighted by Crippen LogP contribution is -2.56. The van der Waals surface area contributed by atoms with Crippen LogP contribution in [0.25, 0.3) is 0 Å². The number of nitrogens with zero attached hydrogens (tertiary/aromatic N) is 1. The minimum Gasteiger partial charge on any atom is -0.488 e. The first-order chi connectivity index (χ1) is 10.7. The molecule has 0 bridgehead atoms. The predicted octanol–water partition coefficient (Wildman–Crippen LogP) is 1.81. The van der Waals surface area contributed by atoms with Crippen LogP contribution >= 0.6 is 0 Å². The second-order valence-corrected chi connectivity index (χ2v) is 6.51. The van der Waals surface area contributed by atoms with Gasteiger partial charge in [-0.1, -0.05) is 6.92 Å². The second-order valence-electron chi connectivity index (χ2n) is 6.51. The fraction of sp³-hybridized carbons (Fsp3) is 0.733. The molecule has 0 aromatic rings. The molecule has 23 heavy (non-hydrogen) atoms. The molecule has 0 unspecified atom stereocenters. The fourth-order valence-electron chi connectivity index (χ4n) is 1.99. The molecule has 1 amide bonds. The van der Waals surface area contributed by atoms with Crippen molar-refractivity contribution in [1.82, 2.24) is 15.8 Å². The molecule has 0 spiro atoms. The maximum absolute atomic E-state index is 13.8. The van der Waals surface area contributed by atoms with E-state index in [0.29, 0.717) is 25.8 Å². The van der Waals surface area contributed by atoms with Gasteiger partial charge in [-0.2, -0.15) is 0 Å². The normalized spacial score (nSPS) is 17.9. The summed E-state index contributed by atoms with van der Waals surface area (Å²) >= 11 is 0. The summed E-state index contributed by atoms with van der Waals surface area (Å²) in [6, 6.07) is 0. The largest absolute Gasteiger partial charge is 0.488 e. The van der Waals surface area contributed by atoms with Crippen molar-refractivity contribution in [3.63, 3.8) is 0 Å². The number of ether oxygens (including phenoxy) is 2. The molecular formula is C15H27FN4O3. The quantitative estimate of drug-likeness (QED) is 0.376. The highest BCUT2D eigenvalue weighted by molar-refractivity contribution is 5.73. The van der Waals surface area contributed by atoms with Crippen molar-refractivity contribution in [3.8, 4) is 0 Å². The number of carbonyl (C=O) groups excluding carboxylic acids is 1. The van der Waals surface area contributed by atoms with Gasteiger partial charge in [0, 0.05) is 12.5 Å². The minimum atomic E-state index is -0.703. The molecule has 1 atom stereocenters. The van der Waals surface area contributed by atoms with Gasteiger partial charge in [-0.3, -0.25) is 10.9 Å². The Kier molecular flexibility index (Phi) is 6.96. The number of likely N-dealkylation sites (tertiary alicyclic amines) is 1. The molecule has 1 aliphatic rings. The van der Waals surface area contributed by atoms with E-state index in [1.165, 1.54) is 4.90 Å². The molecule has 1 rings (SSSR count). The number of hydrazine groups is 1. The zero-order valence-corrected chi connectivity index (χ0v) is 14.4. The molecule has 0 aliphatic carbocycles. The summed E-state index contributed by atoms with van der Waals surface area (Å²) in [6.45, 7) is 8.34. The standard InChI is InChI=1S/C15H27FN4O3/c1-10(7-19-18-5)13(12(16)6-17)22-11-8-20(9-11)14(21)23-15(2,3)4/h6,10-11,17-19H,7-9H2,1-5H3/b13-12-,17-6?/t10-/m0/s1. The Labute approximate surface area is 136 Å². The summed E-state index contributed by atoms with van der Waals surface area (Å²) in [5, 5.41) is 7.08. The summed E-state index contributed by atoms with van der Waals surface area (Å²) < 4.78 is 24.7. The lowest BCUT2D eigenvalue weighted by molar-refractivity contribution is -0.0478. The monoisotopic (exact) mass is 330 g/mol. The van der Waals surface area contributed by atoms with Crippen LogP contribution in [0.5, 0.6) is 0 Å². The summed E-state index contributed by atoms with van der Waals surface area (Å²) in [5.41, 5.74) is 5.09. The third-order valence-electron chi connectivity index (χ3n) is 3.19. The predicted molar refractivity (Wildman–Crippen MR) is 85.8 cm³/mol. The summed E-state index contributed by atoms with van der Waals surface area (Å²) in [4.78, 5) is 13.4. The Hall–Kier alpha value is -1.67. The van der Waals surface area contributed by atoms with Crippen LogP contribution in [0.15, 0.2) is 11.6 Å². The first-order valence-electron chi connectivity index (χ1n) is 7.62. The van der Waals surface area contributed by atoms with Crippen molar-refractivity contribution < 1.29 is 18.7 Å². The van der Waals surface area contributed by atoms with Crippen molar-refractivity contribution in [1.29, 1.82) is 5.41 Å². The molecule has 1 saturated heterocycles. The Bertz CT molecular complexity index is 456. The van der Waals surface area contributed by atoms with Crippen molar-refractivity contribution in [2.24, 2.45) is 5.92 Å². The van der Waals surface area contributed by atoms with Crippen LogP contribution in [-0.4, -0.2) is 55.6 Å². The molecule has 0 aromatic carbocycles. The second kappa shape index (κ2) is 8.26. The van der Waals surface area contributed by atoms with Crippen molar-refractivity contribution in [2.75, 3.05) is 26.7 Å². The SMILES string of the molecule is CNNC[C@H](C)/C(OC1CN(C(=O)OC(C)(C)C)C1)=C(/F)C=N. The average molecular weight is 330 g/mol. The minimum absolute atomic E-state index is 0.122. The van der Waals surface area contributed by atoms with E-state index in [2.05, 4.69) is 10.9 Å². The highest BCUT2D eigenvalue weighted by atomic mass is 19.1. The van der Waals surface area contributed by atoms with Crippen LogP contribution in [0.2, 0.25) is 0 Å². The van der Waals surface area contributed by atoms with Crippen molar-refractivity contribution in [2.45, 2.75) is 39.4 Å². The molecule has 0 radical (unpaired) electrons. The maximum Gasteiger partial charge on any atom is 0.410 e. The van der Waals surface area contributed by atoms with E-state index < -0.39 is 17.5 Å².